The normalized spacial score (nSPS) is 13.5. The summed E-state index contributed by atoms with van der Waals surface area (Å²) >= 11 is 1.12. The van der Waals surface area contributed by atoms with Crippen LogP contribution >= 0.6 is 11.3 Å². The van der Waals surface area contributed by atoms with Crippen LogP contribution in [-0.4, -0.2) is 20.9 Å². The first-order chi connectivity index (χ1) is 11.1. The van der Waals surface area contributed by atoms with Crippen molar-refractivity contribution in [3.8, 4) is 0 Å². The van der Waals surface area contributed by atoms with Crippen LogP contribution in [0.4, 0.5) is 4.39 Å². The predicted molar refractivity (Wildman–Crippen MR) is 93.1 cm³/mol. The summed E-state index contributed by atoms with van der Waals surface area (Å²) in [6.45, 7) is 5.19. The van der Waals surface area contributed by atoms with E-state index in [1.807, 2.05) is 0 Å². The number of nitrogens with one attached hydrogen (secondary N) is 1. The van der Waals surface area contributed by atoms with Gasteiger partial charge in [-0.3, -0.25) is 4.79 Å². The second kappa shape index (κ2) is 7.03. The smallest absolute Gasteiger partial charge is 0.225 e. The van der Waals surface area contributed by atoms with Gasteiger partial charge in [-0.2, -0.15) is 0 Å². The molecule has 0 bridgehead atoms. The molecule has 2 aromatic rings. The Morgan fingerprint density at radius 1 is 1.21 bits per heavy atom. The van der Waals surface area contributed by atoms with E-state index in [1.54, 1.807) is 32.2 Å². The highest BCUT2D eigenvalue weighted by Crippen LogP contribution is 2.31. The molecule has 1 aromatic heterocycles. The van der Waals surface area contributed by atoms with Crippen molar-refractivity contribution in [1.82, 2.24) is 5.32 Å². The summed E-state index contributed by atoms with van der Waals surface area (Å²) < 4.78 is 39.2. The zero-order chi connectivity index (χ0) is 18.0. The molecule has 0 aliphatic carbocycles. The molecule has 2 rings (SSSR count). The van der Waals surface area contributed by atoms with Crippen LogP contribution in [0.2, 0.25) is 0 Å². The minimum atomic E-state index is -3.68. The van der Waals surface area contributed by atoms with Gasteiger partial charge in [-0.25, -0.2) is 12.8 Å². The van der Waals surface area contributed by atoms with Crippen LogP contribution in [0.3, 0.4) is 0 Å². The molecule has 1 amide bonds. The fourth-order valence-corrected chi connectivity index (χ4v) is 4.97. The summed E-state index contributed by atoms with van der Waals surface area (Å²) in [7, 11) is -3.68. The molecule has 0 spiro atoms. The predicted octanol–water partition coefficient (Wildman–Crippen LogP) is 3.56. The highest BCUT2D eigenvalue weighted by molar-refractivity contribution is 7.93. The quantitative estimate of drug-likeness (QED) is 0.876. The third-order valence-electron chi connectivity index (χ3n) is 3.52. The lowest BCUT2D eigenvalue weighted by Gasteiger charge is -2.22. The summed E-state index contributed by atoms with van der Waals surface area (Å²) in [4.78, 5) is 12.1. The standard InChI is InChI=1S/C17H20FNO3S2/c1-17(2,3)16(20)19-11-14(12-6-8-13(18)9-7-12)24(21,22)15-5-4-10-23-15/h4-10,14H,11H2,1-3H3,(H,19,20)/t14-/m0/s1. The van der Waals surface area contributed by atoms with E-state index in [1.165, 1.54) is 30.3 Å². The zero-order valence-electron chi connectivity index (χ0n) is 13.7. The van der Waals surface area contributed by atoms with Gasteiger partial charge in [0.05, 0.1) is 0 Å². The van der Waals surface area contributed by atoms with Gasteiger partial charge in [0, 0.05) is 12.0 Å². The van der Waals surface area contributed by atoms with E-state index < -0.39 is 26.3 Å². The highest BCUT2D eigenvalue weighted by atomic mass is 32.2. The van der Waals surface area contributed by atoms with Crippen molar-refractivity contribution in [2.75, 3.05) is 6.54 Å². The molecule has 130 valence electrons. The van der Waals surface area contributed by atoms with Crippen LogP contribution in [0.25, 0.3) is 0 Å². The Bertz CT molecular complexity index is 791. The molecule has 1 N–H and O–H groups in total. The zero-order valence-corrected chi connectivity index (χ0v) is 15.4. The van der Waals surface area contributed by atoms with Gasteiger partial charge >= 0.3 is 0 Å². The molecule has 0 fully saturated rings. The van der Waals surface area contributed by atoms with Crippen molar-refractivity contribution in [3.05, 3.63) is 53.2 Å². The van der Waals surface area contributed by atoms with Crippen molar-refractivity contribution in [3.63, 3.8) is 0 Å². The number of benzene rings is 1. The summed E-state index contributed by atoms with van der Waals surface area (Å²) in [5, 5.41) is 3.41. The van der Waals surface area contributed by atoms with Gasteiger partial charge in [0.25, 0.3) is 0 Å². The van der Waals surface area contributed by atoms with Crippen molar-refractivity contribution >= 4 is 27.1 Å². The van der Waals surface area contributed by atoms with E-state index in [4.69, 9.17) is 0 Å². The van der Waals surface area contributed by atoms with Crippen LogP contribution < -0.4 is 5.32 Å². The van der Waals surface area contributed by atoms with Gasteiger partial charge in [0.15, 0.2) is 9.84 Å². The maximum absolute atomic E-state index is 13.2. The second-order valence-electron chi connectivity index (χ2n) is 6.48. The Morgan fingerprint density at radius 3 is 2.33 bits per heavy atom. The van der Waals surface area contributed by atoms with Crippen molar-refractivity contribution < 1.29 is 17.6 Å². The number of carbonyl (C=O) groups is 1. The van der Waals surface area contributed by atoms with Gasteiger partial charge in [0.2, 0.25) is 5.91 Å². The van der Waals surface area contributed by atoms with Crippen LogP contribution in [0.5, 0.6) is 0 Å². The van der Waals surface area contributed by atoms with Crippen LogP contribution in [0.1, 0.15) is 31.6 Å². The minimum Gasteiger partial charge on any atom is -0.354 e. The largest absolute Gasteiger partial charge is 0.354 e. The summed E-state index contributed by atoms with van der Waals surface area (Å²) in [6, 6.07) is 8.51. The number of amides is 1. The molecule has 0 aliphatic heterocycles. The summed E-state index contributed by atoms with van der Waals surface area (Å²) in [5.74, 6) is -0.680. The Kier molecular flexibility index (Phi) is 5.45. The van der Waals surface area contributed by atoms with E-state index in [-0.39, 0.29) is 16.7 Å². The second-order valence-corrected chi connectivity index (χ2v) is 9.78. The third-order valence-corrected chi connectivity index (χ3v) is 7.05. The van der Waals surface area contributed by atoms with Crippen molar-refractivity contribution in [1.29, 1.82) is 0 Å². The lowest BCUT2D eigenvalue weighted by Crippen LogP contribution is -2.38. The van der Waals surface area contributed by atoms with Gasteiger partial charge in [-0.05, 0) is 29.1 Å². The Hall–Kier alpha value is -1.73. The molecule has 0 aliphatic rings. The van der Waals surface area contributed by atoms with E-state index in [0.717, 1.165) is 11.3 Å². The first kappa shape index (κ1) is 18.6. The third kappa shape index (κ3) is 4.21. The highest BCUT2D eigenvalue weighted by Gasteiger charge is 2.31. The number of halogens is 1. The van der Waals surface area contributed by atoms with Crippen molar-refractivity contribution in [2.24, 2.45) is 5.41 Å². The molecule has 1 aromatic carbocycles. The number of sulfone groups is 1. The van der Waals surface area contributed by atoms with Gasteiger partial charge in [-0.15, -0.1) is 11.3 Å². The van der Waals surface area contributed by atoms with E-state index in [0.29, 0.717) is 5.56 Å². The molecule has 7 heteroatoms. The molecule has 1 heterocycles. The fraction of sp³-hybridized carbons (Fsp3) is 0.353. The average Bonchev–Trinajstić information content (AvgIpc) is 3.03. The molecule has 24 heavy (non-hydrogen) atoms. The average molecular weight is 369 g/mol. The monoisotopic (exact) mass is 369 g/mol. The van der Waals surface area contributed by atoms with Gasteiger partial charge in [0.1, 0.15) is 15.3 Å². The lowest BCUT2D eigenvalue weighted by atomic mass is 9.95. The minimum absolute atomic E-state index is 0.0675. The van der Waals surface area contributed by atoms with Crippen LogP contribution in [0, 0.1) is 11.2 Å². The number of hydrogen-bond acceptors (Lipinski definition) is 4. The summed E-state index contributed by atoms with van der Waals surface area (Å²) in [6.07, 6.45) is 0. The van der Waals surface area contributed by atoms with Crippen molar-refractivity contribution in [2.45, 2.75) is 30.2 Å². The van der Waals surface area contributed by atoms with Gasteiger partial charge < -0.3 is 5.32 Å². The number of thiophene rings is 1. The molecule has 4 nitrogen and oxygen atoms in total. The number of carbonyl (C=O) groups excluding carboxylic acids is 1. The summed E-state index contributed by atoms with van der Waals surface area (Å²) in [5.41, 5.74) is -0.181. The molecular weight excluding hydrogens is 349 g/mol. The first-order valence-electron chi connectivity index (χ1n) is 7.43. The number of hydrogen-bond donors (Lipinski definition) is 1. The Labute approximate surface area is 145 Å². The van der Waals surface area contributed by atoms with E-state index in [9.17, 15) is 17.6 Å². The fourth-order valence-electron chi connectivity index (χ4n) is 2.10. The molecule has 1 atom stereocenters. The van der Waals surface area contributed by atoms with Crippen LogP contribution in [-0.2, 0) is 14.6 Å². The van der Waals surface area contributed by atoms with E-state index >= 15 is 0 Å². The Balaban J connectivity index is 2.35. The van der Waals surface area contributed by atoms with E-state index in [2.05, 4.69) is 5.32 Å². The van der Waals surface area contributed by atoms with Gasteiger partial charge in [-0.1, -0.05) is 39.0 Å². The maximum atomic E-state index is 13.2. The van der Waals surface area contributed by atoms with Crippen LogP contribution in [0.15, 0.2) is 46.0 Å². The molecular formula is C17H20FNO3S2. The Morgan fingerprint density at radius 2 is 1.83 bits per heavy atom. The lowest BCUT2D eigenvalue weighted by molar-refractivity contribution is -0.128. The SMILES string of the molecule is CC(C)(C)C(=O)NC[C@@H](c1ccc(F)cc1)S(=O)(=O)c1cccs1. The molecule has 0 saturated heterocycles. The topological polar surface area (TPSA) is 63.2 Å². The number of rotatable bonds is 5. The molecule has 0 radical (unpaired) electrons. The maximum Gasteiger partial charge on any atom is 0.225 e. The first-order valence-corrected chi connectivity index (χ1v) is 9.86. The molecule has 0 unspecified atom stereocenters. The molecule has 0 saturated carbocycles.